The third kappa shape index (κ3) is 4.18. The van der Waals surface area contributed by atoms with E-state index in [2.05, 4.69) is 18.7 Å². The van der Waals surface area contributed by atoms with Crippen LogP contribution in [-0.2, 0) is 4.79 Å². The molecule has 1 saturated heterocycles. The number of carboxylic acids is 1. The van der Waals surface area contributed by atoms with Crippen molar-refractivity contribution < 1.29 is 15.0 Å². The third-order valence-electron chi connectivity index (χ3n) is 3.13. The minimum atomic E-state index is -0.930. The van der Waals surface area contributed by atoms with Gasteiger partial charge in [0.1, 0.15) is 0 Å². The smallest absolute Gasteiger partial charge is 0.306 e. The summed E-state index contributed by atoms with van der Waals surface area (Å²) in [6, 6.07) is 0.456. The number of carboxylic acid groups (broad SMARTS) is 1. The van der Waals surface area contributed by atoms with Crippen molar-refractivity contribution in [1.82, 2.24) is 4.90 Å². The lowest BCUT2D eigenvalue weighted by Gasteiger charge is -2.37. The minimum absolute atomic E-state index is 0.154. The van der Waals surface area contributed by atoms with Gasteiger partial charge in [0.25, 0.3) is 0 Å². The highest BCUT2D eigenvalue weighted by atomic mass is 16.4. The largest absolute Gasteiger partial charge is 0.481 e. The Kier molecular flexibility index (Phi) is 4.54. The van der Waals surface area contributed by atoms with E-state index in [1.165, 1.54) is 0 Å². The first-order valence-electron chi connectivity index (χ1n) is 5.63. The molecule has 0 aromatic heterocycles. The topological polar surface area (TPSA) is 60.8 Å². The zero-order valence-electron chi connectivity index (χ0n) is 9.52. The van der Waals surface area contributed by atoms with Gasteiger partial charge in [0.05, 0.1) is 12.5 Å². The van der Waals surface area contributed by atoms with Gasteiger partial charge in [-0.05, 0) is 32.2 Å². The van der Waals surface area contributed by atoms with Gasteiger partial charge in [-0.25, -0.2) is 0 Å². The maximum absolute atomic E-state index is 10.4. The van der Waals surface area contributed by atoms with E-state index >= 15 is 0 Å². The molecule has 0 spiro atoms. The van der Waals surface area contributed by atoms with Gasteiger partial charge in [-0.15, -0.1) is 0 Å². The van der Waals surface area contributed by atoms with E-state index in [1.54, 1.807) is 0 Å². The number of carbonyl (C=O) groups is 1. The molecule has 1 aliphatic heterocycles. The van der Waals surface area contributed by atoms with Crippen molar-refractivity contribution in [2.24, 2.45) is 5.92 Å². The highest BCUT2D eigenvalue weighted by molar-refractivity contribution is 5.67. The number of β-amino-alcohol motifs (C(OH)–C–C–N with tert-alkyl or cyclic N) is 1. The van der Waals surface area contributed by atoms with Crippen LogP contribution < -0.4 is 0 Å². The van der Waals surface area contributed by atoms with Gasteiger partial charge in [0, 0.05) is 12.6 Å². The molecule has 0 radical (unpaired) electrons. The van der Waals surface area contributed by atoms with Gasteiger partial charge < -0.3 is 10.2 Å². The van der Waals surface area contributed by atoms with Crippen LogP contribution in [0.15, 0.2) is 0 Å². The Morgan fingerprint density at radius 2 is 2.20 bits per heavy atom. The molecule has 3 unspecified atom stereocenters. The Hall–Kier alpha value is -0.610. The summed E-state index contributed by atoms with van der Waals surface area (Å²) in [5, 5.41) is 18.1. The molecule has 4 nitrogen and oxygen atoms in total. The summed E-state index contributed by atoms with van der Waals surface area (Å²) < 4.78 is 0. The summed E-state index contributed by atoms with van der Waals surface area (Å²) in [5.74, 6) is -0.187. The Morgan fingerprint density at radius 1 is 1.53 bits per heavy atom. The van der Waals surface area contributed by atoms with Crippen LogP contribution in [0.4, 0.5) is 0 Å². The number of rotatable bonds is 4. The first-order valence-corrected chi connectivity index (χ1v) is 5.63. The number of hydrogen-bond donors (Lipinski definition) is 2. The molecule has 2 N–H and O–H groups in total. The van der Waals surface area contributed by atoms with Crippen LogP contribution in [0.5, 0.6) is 0 Å². The van der Waals surface area contributed by atoms with E-state index < -0.39 is 12.1 Å². The normalized spacial score (nSPS) is 30.1. The van der Waals surface area contributed by atoms with Crippen LogP contribution in [0.1, 0.15) is 33.1 Å². The molecule has 1 rings (SSSR count). The molecule has 0 aromatic carbocycles. The fourth-order valence-electron chi connectivity index (χ4n) is 2.26. The van der Waals surface area contributed by atoms with Crippen LogP contribution in [0, 0.1) is 5.92 Å². The molecule has 0 saturated carbocycles. The van der Waals surface area contributed by atoms with Crippen LogP contribution in [0.25, 0.3) is 0 Å². The van der Waals surface area contributed by atoms with E-state index in [0.717, 1.165) is 25.3 Å². The zero-order valence-corrected chi connectivity index (χ0v) is 9.52. The predicted molar refractivity (Wildman–Crippen MR) is 57.7 cm³/mol. The fraction of sp³-hybridized carbons (Fsp3) is 0.909. The van der Waals surface area contributed by atoms with Gasteiger partial charge >= 0.3 is 5.97 Å². The predicted octanol–water partition coefficient (Wildman–Crippen LogP) is 0.942. The van der Waals surface area contributed by atoms with Crippen molar-refractivity contribution in [2.75, 3.05) is 13.1 Å². The summed E-state index contributed by atoms with van der Waals surface area (Å²) in [4.78, 5) is 12.6. The lowest BCUT2D eigenvalue weighted by Crippen LogP contribution is -2.44. The number of likely N-dealkylation sites (tertiary alicyclic amines) is 1. The van der Waals surface area contributed by atoms with Gasteiger partial charge in [0.15, 0.2) is 0 Å². The monoisotopic (exact) mass is 215 g/mol. The second kappa shape index (κ2) is 5.47. The number of aliphatic carboxylic acids is 1. The average Bonchev–Trinajstić information content (AvgIpc) is 2.08. The first-order chi connectivity index (χ1) is 6.99. The Bertz CT molecular complexity index is 220. The van der Waals surface area contributed by atoms with Crippen LogP contribution in [0.2, 0.25) is 0 Å². The molecule has 1 fully saturated rings. The van der Waals surface area contributed by atoms with E-state index in [0.29, 0.717) is 12.6 Å². The molecule has 88 valence electrons. The zero-order chi connectivity index (χ0) is 11.4. The highest BCUT2D eigenvalue weighted by Gasteiger charge is 2.24. The summed E-state index contributed by atoms with van der Waals surface area (Å²) in [5.41, 5.74) is 0. The molecule has 15 heavy (non-hydrogen) atoms. The third-order valence-corrected chi connectivity index (χ3v) is 3.13. The maximum Gasteiger partial charge on any atom is 0.306 e. The average molecular weight is 215 g/mol. The minimum Gasteiger partial charge on any atom is -0.481 e. The summed E-state index contributed by atoms with van der Waals surface area (Å²) in [7, 11) is 0. The Morgan fingerprint density at radius 3 is 2.73 bits per heavy atom. The van der Waals surface area contributed by atoms with Gasteiger partial charge in [-0.2, -0.15) is 0 Å². The summed E-state index contributed by atoms with van der Waals surface area (Å²) in [6.45, 7) is 5.84. The lowest BCUT2D eigenvalue weighted by molar-refractivity contribution is -0.139. The van der Waals surface area contributed by atoms with Gasteiger partial charge in [-0.3, -0.25) is 9.69 Å². The molecule has 1 heterocycles. The number of aliphatic hydroxyl groups is 1. The van der Waals surface area contributed by atoms with Crippen molar-refractivity contribution in [2.45, 2.75) is 45.3 Å². The van der Waals surface area contributed by atoms with Crippen LogP contribution >= 0.6 is 0 Å². The number of aliphatic hydroxyl groups excluding tert-OH is 1. The quantitative estimate of drug-likeness (QED) is 0.732. The van der Waals surface area contributed by atoms with E-state index in [9.17, 15) is 9.90 Å². The molecular formula is C11H21NO3. The molecule has 1 aliphatic rings. The molecule has 0 aliphatic carbocycles. The van der Waals surface area contributed by atoms with Crippen molar-refractivity contribution in [3.8, 4) is 0 Å². The second-order valence-electron chi connectivity index (χ2n) is 4.73. The molecule has 4 heteroatoms. The Balaban J connectivity index is 2.34. The van der Waals surface area contributed by atoms with E-state index in [1.807, 2.05) is 0 Å². The van der Waals surface area contributed by atoms with Crippen molar-refractivity contribution >= 4 is 5.97 Å². The van der Waals surface area contributed by atoms with Crippen molar-refractivity contribution in [3.63, 3.8) is 0 Å². The van der Waals surface area contributed by atoms with Crippen molar-refractivity contribution in [1.29, 1.82) is 0 Å². The molecule has 3 atom stereocenters. The maximum atomic E-state index is 10.4. The van der Waals surface area contributed by atoms with Crippen LogP contribution in [0.3, 0.4) is 0 Å². The summed E-state index contributed by atoms with van der Waals surface area (Å²) in [6.07, 6.45) is 1.39. The second-order valence-corrected chi connectivity index (χ2v) is 4.73. The molecule has 0 bridgehead atoms. The number of hydrogen-bond acceptors (Lipinski definition) is 3. The molecular weight excluding hydrogens is 194 g/mol. The number of nitrogens with zero attached hydrogens (tertiary/aromatic N) is 1. The van der Waals surface area contributed by atoms with Gasteiger partial charge in [0.2, 0.25) is 0 Å². The van der Waals surface area contributed by atoms with E-state index in [4.69, 9.17) is 5.11 Å². The van der Waals surface area contributed by atoms with Crippen LogP contribution in [-0.4, -0.2) is 46.3 Å². The fourth-order valence-corrected chi connectivity index (χ4v) is 2.26. The first kappa shape index (κ1) is 12.5. The Labute approximate surface area is 90.9 Å². The van der Waals surface area contributed by atoms with E-state index in [-0.39, 0.29) is 6.42 Å². The molecule has 0 amide bonds. The lowest BCUT2D eigenvalue weighted by atomic mass is 9.93. The standard InChI is InChI=1S/C11H21NO3/c1-8-3-4-12(9(2)5-8)7-10(13)6-11(14)15/h8-10,13H,3-7H2,1-2H3,(H,14,15). The summed E-state index contributed by atoms with van der Waals surface area (Å²) >= 11 is 0. The van der Waals surface area contributed by atoms with Crippen molar-refractivity contribution in [3.05, 3.63) is 0 Å². The molecule has 0 aromatic rings. The number of piperidine rings is 1. The highest BCUT2D eigenvalue weighted by Crippen LogP contribution is 2.22. The van der Waals surface area contributed by atoms with Gasteiger partial charge in [-0.1, -0.05) is 6.92 Å². The SMILES string of the molecule is CC1CCN(CC(O)CC(=O)O)C(C)C1.